The minimum Gasteiger partial charge on any atom is -0.391 e. The maximum Gasteiger partial charge on any atom is 0.415 e. The topological polar surface area (TPSA) is 18.5 Å². The van der Waals surface area contributed by atoms with Gasteiger partial charge in [0.15, 0.2) is 0 Å². The smallest absolute Gasteiger partial charge is 0.391 e. The van der Waals surface area contributed by atoms with Gasteiger partial charge in [-0.1, -0.05) is 25.3 Å². The Morgan fingerprint density at radius 2 is 1.67 bits per heavy atom. The van der Waals surface area contributed by atoms with Crippen molar-refractivity contribution in [1.29, 1.82) is 0 Å². The molecule has 0 aromatic heterocycles. The highest BCUT2D eigenvalue weighted by atomic mass is 28.3. The summed E-state index contributed by atoms with van der Waals surface area (Å²) in [4.78, 5) is 0. The van der Waals surface area contributed by atoms with E-state index in [-0.39, 0.29) is 0 Å². The molecule has 3 heteroatoms. The summed E-state index contributed by atoms with van der Waals surface area (Å²) in [6, 6.07) is 0. The Kier molecular flexibility index (Phi) is 6.97. The molecule has 1 aliphatic carbocycles. The lowest BCUT2D eigenvalue weighted by atomic mass is 9.90. The van der Waals surface area contributed by atoms with Gasteiger partial charge in [0.25, 0.3) is 0 Å². The molecule has 15 heavy (non-hydrogen) atoms. The largest absolute Gasteiger partial charge is 0.415 e. The molecule has 1 fully saturated rings. The third-order valence-electron chi connectivity index (χ3n) is 2.73. The van der Waals surface area contributed by atoms with Gasteiger partial charge in [0.2, 0.25) is 0 Å². The van der Waals surface area contributed by atoms with Crippen molar-refractivity contribution in [2.24, 2.45) is 5.92 Å². The quantitative estimate of drug-likeness (QED) is 0.649. The van der Waals surface area contributed by atoms with Gasteiger partial charge in [0.1, 0.15) is 0 Å². The molecule has 0 aromatic carbocycles. The van der Waals surface area contributed by atoms with Crippen LogP contribution in [0.25, 0.3) is 0 Å². The van der Waals surface area contributed by atoms with Crippen molar-refractivity contribution in [2.45, 2.75) is 46.0 Å². The predicted molar refractivity (Wildman–Crippen MR) is 64.7 cm³/mol. The first kappa shape index (κ1) is 12.9. The van der Waals surface area contributed by atoms with E-state index in [1.165, 1.54) is 32.1 Å². The first-order valence-electron chi connectivity index (χ1n) is 6.17. The zero-order chi connectivity index (χ0) is 10.9. The van der Waals surface area contributed by atoms with Crippen LogP contribution in [0.4, 0.5) is 0 Å². The summed E-state index contributed by atoms with van der Waals surface area (Å²) in [6.07, 6.45) is 9.23. The van der Waals surface area contributed by atoms with Crippen LogP contribution < -0.4 is 0 Å². The molecule has 1 saturated carbocycles. The van der Waals surface area contributed by atoms with Crippen LogP contribution in [0, 0.1) is 5.92 Å². The molecule has 0 N–H and O–H groups in total. The molecule has 0 bridgehead atoms. The van der Waals surface area contributed by atoms with Crippen molar-refractivity contribution in [3.05, 3.63) is 11.8 Å². The van der Waals surface area contributed by atoms with Crippen LogP contribution in [0.3, 0.4) is 0 Å². The molecule has 0 amide bonds. The second-order valence-corrected chi connectivity index (χ2v) is 5.49. The molecular weight excluding hydrogens is 204 g/mol. The van der Waals surface area contributed by atoms with Crippen LogP contribution in [0.5, 0.6) is 0 Å². The Labute approximate surface area is 95.5 Å². The lowest BCUT2D eigenvalue weighted by molar-refractivity contribution is 0.224. The fraction of sp³-hybridized carbons (Fsp3) is 0.833. The Morgan fingerprint density at radius 3 is 2.20 bits per heavy atom. The Balaban J connectivity index is 2.30. The number of hydrogen-bond acceptors (Lipinski definition) is 2. The normalized spacial score (nSPS) is 19.1. The first-order chi connectivity index (χ1) is 7.36. The maximum atomic E-state index is 5.57. The van der Waals surface area contributed by atoms with E-state index in [1.54, 1.807) is 0 Å². The monoisotopic (exact) mass is 227 g/mol. The van der Waals surface area contributed by atoms with E-state index in [9.17, 15) is 0 Å². The van der Waals surface area contributed by atoms with E-state index >= 15 is 0 Å². The van der Waals surface area contributed by atoms with Crippen molar-refractivity contribution in [1.82, 2.24) is 0 Å². The SMILES string of the molecule is CCO[Si](C=CC1CCCCC1)OCC. The van der Waals surface area contributed by atoms with Crippen molar-refractivity contribution >= 4 is 9.28 Å². The summed E-state index contributed by atoms with van der Waals surface area (Å²) < 4.78 is 11.1. The molecule has 1 radical (unpaired) electrons. The Bertz CT molecular complexity index is 170. The minimum atomic E-state index is -1.13. The lowest BCUT2D eigenvalue weighted by Gasteiger charge is -2.18. The van der Waals surface area contributed by atoms with Gasteiger partial charge in [-0.25, -0.2) is 0 Å². The standard InChI is InChI=1S/C12H23O2Si/c1-3-13-15(14-4-2)11-10-12-8-6-5-7-9-12/h10-12H,3-9H2,1-2H3. The van der Waals surface area contributed by atoms with Gasteiger partial charge in [0, 0.05) is 13.2 Å². The molecule has 1 rings (SSSR count). The average Bonchev–Trinajstić information content (AvgIpc) is 2.28. The minimum absolute atomic E-state index is 0.753. The van der Waals surface area contributed by atoms with Crippen molar-refractivity contribution < 1.29 is 8.85 Å². The van der Waals surface area contributed by atoms with Crippen LogP contribution in [0.15, 0.2) is 11.8 Å². The van der Waals surface area contributed by atoms with E-state index in [1.807, 2.05) is 13.8 Å². The fourth-order valence-corrected chi connectivity index (χ4v) is 3.24. The number of rotatable bonds is 6. The van der Waals surface area contributed by atoms with Crippen molar-refractivity contribution in [3.8, 4) is 0 Å². The molecule has 2 nitrogen and oxygen atoms in total. The summed E-state index contributed by atoms with van der Waals surface area (Å²) in [5.41, 5.74) is 2.19. The van der Waals surface area contributed by atoms with Gasteiger partial charge < -0.3 is 8.85 Å². The summed E-state index contributed by atoms with van der Waals surface area (Å²) in [5, 5.41) is 0. The van der Waals surface area contributed by atoms with Gasteiger partial charge in [-0.15, -0.1) is 0 Å². The number of allylic oxidation sites excluding steroid dienone is 1. The van der Waals surface area contributed by atoms with Gasteiger partial charge in [-0.2, -0.15) is 0 Å². The zero-order valence-electron chi connectivity index (χ0n) is 10.00. The van der Waals surface area contributed by atoms with Gasteiger partial charge in [-0.3, -0.25) is 0 Å². The third kappa shape index (κ3) is 5.49. The molecule has 0 unspecified atom stereocenters. The lowest BCUT2D eigenvalue weighted by Crippen LogP contribution is -2.21. The van der Waals surface area contributed by atoms with Gasteiger partial charge in [-0.05, 0) is 38.3 Å². The summed E-state index contributed by atoms with van der Waals surface area (Å²) in [5.74, 6) is 0.777. The van der Waals surface area contributed by atoms with Crippen molar-refractivity contribution in [3.63, 3.8) is 0 Å². The molecule has 0 heterocycles. The summed E-state index contributed by atoms with van der Waals surface area (Å²) in [7, 11) is -1.13. The Hall–Kier alpha value is -0.123. The molecule has 87 valence electrons. The zero-order valence-corrected chi connectivity index (χ0v) is 11.0. The fourth-order valence-electron chi connectivity index (χ4n) is 1.96. The second-order valence-electron chi connectivity index (χ2n) is 3.94. The van der Waals surface area contributed by atoms with E-state index in [0.29, 0.717) is 0 Å². The summed E-state index contributed by atoms with van der Waals surface area (Å²) in [6.45, 7) is 5.56. The first-order valence-corrected chi connectivity index (χ1v) is 7.57. The molecular formula is C12H23O2Si. The second kappa shape index (κ2) is 8.08. The van der Waals surface area contributed by atoms with Gasteiger partial charge in [0.05, 0.1) is 0 Å². The van der Waals surface area contributed by atoms with E-state index in [2.05, 4.69) is 11.8 Å². The van der Waals surface area contributed by atoms with Gasteiger partial charge >= 0.3 is 9.28 Å². The van der Waals surface area contributed by atoms with E-state index < -0.39 is 9.28 Å². The van der Waals surface area contributed by atoms with Crippen LogP contribution >= 0.6 is 0 Å². The molecule has 0 saturated heterocycles. The maximum absolute atomic E-state index is 5.57. The van der Waals surface area contributed by atoms with Crippen molar-refractivity contribution in [2.75, 3.05) is 13.2 Å². The van der Waals surface area contributed by atoms with Crippen LogP contribution in [-0.4, -0.2) is 22.5 Å². The summed E-state index contributed by atoms with van der Waals surface area (Å²) >= 11 is 0. The highest BCUT2D eigenvalue weighted by molar-refractivity contribution is 6.50. The molecule has 0 aliphatic heterocycles. The highest BCUT2D eigenvalue weighted by Crippen LogP contribution is 2.24. The third-order valence-corrected chi connectivity index (χ3v) is 4.34. The molecule has 0 atom stereocenters. The highest BCUT2D eigenvalue weighted by Gasteiger charge is 2.13. The van der Waals surface area contributed by atoms with Crippen LogP contribution in [0.1, 0.15) is 46.0 Å². The van der Waals surface area contributed by atoms with E-state index in [4.69, 9.17) is 8.85 Å². The Morgan fingerprint density at radius 1 is 1.07 bits per heavy atom. The number of hydrogen-bond donors (Lipinski definition) is 0. The van der Waals surface area contributed by atoms with Crippen LogP contribution in [0.2, 0.25) is 0 Å². The van der Waals surface area contributed by atoms with E-state index in [0.717, 1.165) is 19.1 Å². The molecule has 1 aliphatic rings. The predicted octanol–water partition coefficient (Wildman–Crippen LogP) is 3.22. The molecule has 0 aromatic rings. The molecule has 0 spiro atoms. The average molecular weight is 227 g/mol. The van der Waals surface area contributed by atoms with Crippen LogP contribution in [-0.2, 0) is 8.85 Å².